The van der Waals surface area contributed by atoms with Crippen LogP contribution in [0.5, 0.6) is 0 Å². The van der Waals surface area contributed by atoms with E-state index in [-0.39, 0.29) is 30.2 Å². The van der Waals surface area contributed by atoms with E-state index in [9.17, 15) is 12.8 Å². The summed E-state index contributed by atoms with van der Waals surface area (Å²) in [4.78, 5) is -0.0939. The zero-order valence-electron chi connectivity index (χ0n) is 10.4. The van der Waals surface area contributed by atoms with Crippen molar-refractivity contribution in [2.75, 3.05) is 27.3 Å². The van der Waals surface area contributed by atoms with Crippen molar-refractivity contribution in [1.82, 2.24) is 4.31 Å². The van der Waals surface area contributed by atoms with Gasteiger partial charge in [-0.15, -0.1) is 0 Å². The molecule has 1 aromatic rings. The SMILES string of the molecule is COCCN(C)S(=O)(=O)c1cccc(F)c1CN. The second-order valence-corrected chi connectivity index (χ2v) is 5.75. The smallest absolute Gasteiger partial charge is 0.243 e. The highest BCUT2D eigenvalue weighted by Crippen LogP contribution is 2.21. The summed E-state index contributed by atoms with van der Waals surface area (Å²) in [6.07, 6.45) is 0. The molecule has 18 heavy (non-hydrogen) atoms. The zero-order valence-corrected chi connectivity index (χ0v) is 11.2. The maximum atomic E-state index is 13.5. The van der Waals surface area contributed by atoms with Gasteiger partial charge in [-0.1, -0.05) is 6.07 Å². The molecule has 5 nitrogen and oxygen atoms in total. The number of rotatable bonds is 6. The second-order valence-electron chi connectivity index (χ2n) is 3.74. The number of hydrogen-bond donors (Lipinski definition) is 1. The number of ether oxygens (including phenoxy) is 1. The molecule has 0 aliphatic rings. The number of sulfonamides is 1. The molecule has 0 heterocycles. The van der Waals surface area contributed by atoms with E-state index in [1.807, 2.05) is 0 Å². The summed E-state index contributed by atoms with van der Waals surface area (Å²) in [5.41, 5.74) is 5.40. The molecule has 0 aliphatic heterocycles. The van der Waals surface area contributed by atoms with Gasteiger partial charge in [-0.3, -0.25) is 0 Å². The van der Waals surface area contributed by atoms with Crippen LogP contribution in [0, 0.1) is 5.82 Å². The maximum Gasteiger partial charge on any atom is 0.243 e. The largest absolute Gasteiger partial charge is 0.383 e. The number of likely N-dealkylation sites (N-methyl/N-ethyl adjacent to an activating group) is 1. The molecule has 0 amide bonds. The van der Waals surface area contributed by atoms with Crippen molar-refractivity contribution in [3.05, 3.63) is 29.6 Å². The van der Waals surface area contributed by atoms with Crippen LogP contribution in [0.1, 0.15) is 5.56 Å². The van der Waals surface area contributed by atoms with Crippen molar-refractivity contribution < 1.29 is 17.5 Å². The Hall–Kier alpha value is -1.02. The van der Waals surface area contributed by atoms with Gasteiger partial charge in [-0.2, -0.15) is 4.31 Å². The van der Waals surface area contributed by atoms with E-state index in [0.29, 0.717) is 0 Å². The molecule has 0 unspecified atom stereocenters. The predicted molar refractivity (Wildman–Crippen MR) is 66.0 cm³/mol. The van der Waals surface area contributed by atoms with E-state index in [4.69, 9.17) is 10.5 Å². The summed E-state index contributed by atoms with van der Waals surface area (Å²) < 4.78 is 43.9. The van der Waals surface area contributed by atoms with E-state index < -0.39 is 15.8 Å². The molecule has 0 aliphatic carbocycles. The van der Waals surface area contributed by atoms with Crippen LogP contribution in [0.4, 0.5) is 4.39 Å². The number of methoxy groups -OCH3 is 1. The minimum absolute atomic E-state index is 0.00164. The van der Waals surface area contributed by atoms with Crippen molar-refractivity contribution >= 4 is 10.0 Å². The minimum Gasteiger partial charge on any atom is -0.383 e. The molecule has 0 atom stereocenters. The number of hydrogen-bond acceptors (Lipinski definition) is 4. The Morgan fingerprint density at radius 3 is 2.67 bits per heavy atom. The number of benzene rings is 1. The van der Waals surface area contributed by atoms with Gasteiger partial charge in [0, 0.05) is 32.8 Å². The molecule has 0 saturated heterocycles. The van der Waals surface area contributed by atoms with Crippen molar-refractivity contribution in [2.24, 2.45) is 5.73 Å². The minimum atomic E-state index is -3.74. The Morgan fingerprint density at radius 2 is 2.11 bits per heavy atom. The van der Waals surface area contributed by atoms with Crippen LogP contribution in [0.2, 0.25) is 0 Å². The lowest BCUT2D eigenvalue weighted by Gasteiger charge is -2.18. The van der Waals surface area contributed by atoms with Gasteiger partial charge in [0.15, 0.2) is 0 Å². The first kappa shape index (κ1) is 15.0. The Morgan fingerprint density at radius 1 is 1.44 bits per heavy atom. The van der Waals surface area contributed by atoms with Gasteiger partial charge in [0.25, 0.3) is 0 Å². The van der Waals surface area contributed by atoms with E-state index >= 15 is 0 Å². The fraction of sp³-hybridized carbons (Fsp3) is 0.455. The Balaban J connectivity index is 3.16. The highest BCUT2D eigenvalue weighted by Gasteiger charge is 2.24. The summed E-state index contributed by atoms with van der Waals surface area (Å²) in [6, 6.07) is 3.89. The molecule has 0 spiro atoms. The molecule has 2 N–H and O–H groups in total. The first-order chi connectivity index (χ1) is 8.45. The van der Waals surface area contributed by atoms with Crippen molar-refractivity contribution in [3.8, 4) is 0 Å². The zero-order chi connectivity index (χ0) is 13.8. The number of halogens is 1. The van der Waals surface area contributed by atoms with Crippen LogP contribution in [0.25, 0.3) is 0 Å². The van der Waals surface area contributed by atoms with E-state index in [2.05, 4.69) is 0 Å². The second kappa shape index (κ2) is 6.24. The van der Waals surface area contributed by atoms with E-state index in [1.165, 1.54) is 32.4 Å². The van der Waals surface area contributed by atoms with Gasteiger partial charge < -0.3 is 10.5 Å². The van der Waals surface area contributed by atoms with Gasteiger partial charge in [-0.05, 0) is 12.1 Å². The molecule has 0 radical (unpaired) electrons. The molecule has 0 bridgehead atoms. The van der Waals surface area contributed by atoms with Gasteiger partial charge in [0.2, 0.25) is 10.0 Å². The van der Waals surface area contributed by atoms with Crippen LogP contribution in [-0.4, -0.2) is 40.0 Å². The third-order valence-electron chi connectivity index (χ3n) is 2.58. The fourth-order valence-electron chi connectivity index (χ4n) is 1.49. The van der Waals surface area contributed by atoms with E-state index in [1.54, 1.807) is 0 Å². The summed E-state index contributed by atoms with van der Waals surface area (Å²) in [5, 5.41) is 0. The van der Waals surface area contributed by atoms with Crippen LogP contribution < -0.4 is 5.73 Å². The monoisotopic (exact) mass is 276 g/mol. The van der Waals surface area contributed by atoms with Gasteiger partial charge in [-0.25, -0.2) is 12.8 Å². The standard InChI is InChI=1S/C11H17FN2O3S/c1-14(6-7-17-2)18(15,16)11-5-3-4-10(12)9(11)8-13/h3-5H,6-8,13H2,1-2H3. The lowest BCUT2D eigenvalue weighted by atomic mass is 10.2. The average Bonchev–Trinajstić information content (AvgIpc) is 2.35. The Kier molecular flexibility index (Phi) is 5.21. The predicted octanol–water partition coefficient (Wildman–Crippen LogP) is 0.551. The maximum absolute atomic E-state index is 13.5. The van der Waals surface area contributed by atoms with E-state index in [0.717, 1.165) is 4.31 Å². The quantitative estimate of drug-likeness (QED) is 0.823. The summed E-state index contributed by atoms with van der Waals surface area (Å²) in [7, 11) is -0.847. The van der Waals surface area contributed by atoms with Gasteiger partial charge >= 0.3 is 0 Å². The molecular weight excluding hydrogens is 259 g/mol. The molecule has 7 heteroatoms. The molecule has 0 saturated carbocycles. The fourth-order valence-corrected chi connectivity index (χ4v) is 2.88. The number of nitrogens with two attached hydrogens (primary N) is 1. The first-order valence-corrected chi connectivity index (χ1v) is 6.82. The first-order valence-electron chi connectivity index (χ1n) is 5.38. The average molecular weight is 276 g/mol. The van der Waals surface area contributed by atoms with Crippen molar-refractivity contribution in [2.45, 2.75) is 11.4 Å². The van der Waals surface area contributed by atoms with Crippen molar-refractivity contribution in [3.63, 3.8) is 0 Å². The highest BCUT2D eigenvalue weighted by molar-refractivity contribution is 7.89. The van der Waals surface area contributed by atoms with Gasteiger partial charge in [0.05, 0.1) is 11.5 Å². The molecular formula is C11H17FN2O3S. The normalized spacial score (nSPS) is 12.1. The van der Waals surface area contributed by atoms with Crippen LogP contribution in [0.15, 0.2) is 23.1 Å². The molecule has 1 aromatic carbocycles. The summed E-state index contributed by atoms with van der Waals surface area (Å²) >= 11 is 0. The third kappa shape index (κ3) is 3.05. The van der Waals surface area contributed by atoms with Crippen LogP contribution >= 0.6 is 0 Å². The van der Waals surface area contributed by atoms with Gasteiger partial charge in [0.1, 0.15) is 5.82 Å². The highest BCUT2D eigenvalue weighted by atomic mass is 32.2. The number of nitrogens with zero attached hydrogens (tertiary/aromatic N) is 1. The Labute approximate surface area is 106 Å². The molecule has 0 aromatic heterocycles. The summed E-state index contributed by atoms with van der Waals surface area (Å²) in [5.74, 6) is -0.612. The summed E-state index contributed by atoms with van der Waals surface area (Å²) in [6.45, 7) is 0.293. The third-order valence-corrected chi connectivity index (χ3v) is 4.52. The molecule has 0 fully saturated rings. The molecule has 102 valence electrons. The van der Waals surface area contributed by atoms with Crippen molar-refractivity contribution in [1.29, 1.82) is 0 Å². The Bertz CT molecular complexity index is 505. The topological polar surface area (TPSA) is 72.6 Å². The van der Waals surface area contributed by atoms with Crippen LogP contribution in [-0.2, 0) is 21.3 Å². The molecule has 1 rings (SSSR count). The lowest BCUT2D eigenvalue weighted by Crippen LogP contribution is -2.31. The lowest BCUT2D eigenvalue weighted by molar-refractivity contribution is 0.185. The van der Waals surface area contributed by atoms with Crippen LogP contribution in [0.3, 0.4) is 0 Å².